The van der Waals surface area contributed by atoms with E-state index in [4.69, 9.17) is 9.84 Å². The van der Waals surface area contributed by atoms with E-state index < -0.39 is 24.2 Å². The van der Waals surface area contributed by atoms with E-state index in [1.54, 1.807) is 0 Å². The molecule has 96 valence electrons. The molecule has 0 aromatic heterocycles. The molecule has 17 heavy (non-hydrogen) atoms. The van der Waals surface area contributed by atoms with Crippen LogP contribution in [0.4, 0.5) is 0 Å². The van der Waals surface area contributed by atoms with Crippen LogP contribution >= 0.6 is 0 Å². The highest BCUT2D eigenvalue weighted by Crippen LogP contribution is 2.14. The molecule has 0 aromatic rings. The van der Waals surface area contributed by atoms with E-state index in [0.717, 1.165) is 0 Å². The van der Waals surface area contributed by atoms with Gasteiger partial charge in [-0.1, -0.05) is 0 Å². The number of hydrogen-bond acceptors (Lipinski definition) is 5. The number of ether oxygens (including phenoxy) is 1. The number of aliphatic hydroxyl groups is 1. The Kier molecular flexibility index (Phi) is 3.60. The standard InChI is InChI=1S/C10H16N2O5/c13-6-3-7(11-4-6)9(14)12-1-2-17-5-8(12)10(15)16/h6-8,11,13H,1-5H2,(H,15,16). The number of nitrogens with one attached hydrogen (secondary N) is 1. The van der Waals surface area contributed by atoms with Gasteiger partial charge < -0.3 is 25.2 Å². The third kappa shape index (κ3) is 2.56. The molecule has 0 bridgehead atoms. The van der Waals surface area contributed by atoms with Gasteiger partial charge in [-0.15, -0.1) is 0 Å². The zero-order chi connectivity index (χ0) is 12.4. The van der Waals surface area contributed by atoms with Gasteiger partial charge in [-0.05, 0) is 6.42 Å². The summed E-state index contributed by atoms with van der Waals surface area (Å²) in [4.78, 5) is 24.4. The molecular weight excluding hydrogens is 228 g/mol. The predicted octanol–water partition coefficient (Wildman–Crippen LogP) is -1.98. The molecule has 2 heterocycles. The number of carboxylic acid groups (broad SMARTS) is 1. The lowest BCUT2D eigenvalue weighted by Crippen LogP contribution is -2.56. The minimum Gasteiger partial charge on any atom is -0.480 e. The van der Waals surface area contributed by atoms with Crippen molar-refractivity contribution in [2.45, 2.75) is 24.6 Å². The van der Waals surface area contributed by atoms with Gasteiger partial charge in [0, 0.05) is 13.1 Å². The van der Waals surface area contributed by atoms with Crippen LogP contribution in [0, 0.1) is 0 Å². The van der Waals surface area contributed by atoms with E-state index in [9.17, 15) is 14.7 Å². The van der Waals surface area contributed by atoms with Crippen LogP contribution in [0.2, 0.25) is 0 Å². The molecule has 7 nitrogen and oxygen atoms in total. The summed E-state index contributed by atoms with van der Waals surface area (Å²) in [7, 11) is 0. The second kappa shape index (κ2) is 4.99. The van der Waals surface area contributed by atoms with Crippen LogP contribution in [-0.2, 0) is 14.3 Å². The molecule has 3 N–H and O–H groups in total. The van der Waals surface area contributed by atoms with E-state index in [1.165, 1.54) is 4.90 Å². The van der Waals surface area contributed by atoms with Crippen molar-refractivity contribution in [1.82, 2.24) is 10.2 Å². The first-order valence-electron chi connectivity index (χ1n) is 5.62. The minimum atomic E-state index is -1.06. The largest absolute Gasteiger partial charge is 0.480 e. The van der Waals surface area contributed by atoms with Crippen LogP contribution in [0.5, 0.6) is 0 Å². The number of carbonyl (C=O) groups excluding carboxylic acids is 1. The maximum atomic E-state index is 12.1. The van der Waals surface area contributed by atoms with Gasteiger partial charge in [0.05, 0.1) is 25.4 Å². The van der Waals surface area contributed by atoms with E-state index in [2.05, 4.69) is 5.32 Å². The maximum absolute atomic E-state index is 12.1. The third-order valence-electron chi connectivity index (χ3n) is 3.10. The molecule has 0 saturated carbocycles. The van der Waals surface area contributed by atoms with E-state index >= 15 is 0 Å². The second-order valence-electron chi connectivity index (χ2n) is 4.31. The van der Waals surface area contributed by atoms with Crippen molar-refractivity contribution in [2.24, 2.45) is 0 Å². The van der Waals surface area contributed by atoms with Gasteiger partial charge in [0.15, 0.2) is 6.04 Å². The molecular formula is C10H16N2O5. The number of rotatable bonds is 2. The molecule has 0 aromatic carbocycles. The first-order valence-corrected chi connectivity index (χ1v) is 5.62. The Morgan fingerprint density at radius 3 is 2.76 bits per heavy atom. The third-order valence-corrected chi connectivity index (χ3v) is 3.10. The lowest BCUT2D eigenvalue weighted by Gasteiger charge is -2.34. The lowest BCUT2D eigenvalue weighted by molar-refractivity contribution is -0.159. The van der Waals surface area contributed by atoms with Gasteiger partial charge in [0.1, 0.15) is 0 Å². The highest BCUT2D eigenvalue weighted by Gasteiger charge is 2.38. The highest BCUT2D eigenvalue weighted by atomic mass is 16.5. The zero-order valence-corrected chi connectivity index (χ0v) is 9.33. The molecule has 2 rings (SSSR count). The van der Waals surface area contributed by atoms with Crippen LogP contribution in [-0.4, -0.2) is 71.5 Å². The van der Waals surface area contributed by atoms with Crippen molar-refractivity contribution >= 4 is 11.9 Å². The monoisotopic (exact) mass is 244 g/mol. The van der Waals surface area contributed by atoms with E-state index in [0.29, 0.717) is 19.6 Å². The Hall–Kier alpha value is -1.18. The number of nitrogens with zero attached hydrogens (tertiary/aromatic N) is 1. The number of carboxylic acids is 1. The Morgan fingerprint density at radius 1 is 1.41 bits per heavy atom. The Balaban J connectivity index is 2.03. The highest BCUT2D eigenvalue weighted by molar-refractivity contribution is 5.87. The number of hydrogen-bond donors (Lipinski definition) is 3. The van der Waals surface area contributed by atoms with Crippen LogP contribution in [0.25, 0.3) is 0 Å². The van der Waals surface area contributed by atoms with Crippen LogP contribution in [0.15, 0.2) is 0 Å². The fourth-order valence-electron chi connectivity index (χ4n) is 2.18. The van der Waals surface area contributed by atoms with Crippen molar-refractivity contribution in [3.8, 4) is 0 Å². The first kappa shape index (κ1) is 12.3. The molecule has 0 spiro atoms. The van der Waals surface area contributed by atoms with Gasteiger partial charge in [-0.3, -0.25) is 4.79 Å². The topological polar surface area (TPSA) is 99.1 Å². The average Bonchev–Trinajstić information content (AvgIpc) is 2.75. The fourth-order valence-corrected chi connectivity index (χ4v) is 2.18. The van der Waals surface area contributed by atoms with Crippen LogP contribution < -0.4 is 5.32 Å². The molecule has 2 aliphatic rings. The number of morpholine rings is 1. The van der Waals surface area contributed by atoms with E-state index in [1.807, 2.05) is 0 Å². The zero-order valence-electron chi connectivity index (χ0n) is 9.33. The van der Waals surface area contributed by atoms with Gasteiger partial charge in [-0.25, -0.2) is 4.79 Å². The van der Waals surface area contributed by atoms with Gasteiger partial charge in [0.25, 0.3) is 0 Å². The van der Waals surface area contributed by atoms with Crippen molar-refractivity contribution in [1.29, 1.82) is 0 Å². The molecule has 2 aliphatic heterocycles. The summed E-state index contributed by atoms with van der Waals surface area (Å²) in [6.45, 7) is 1.03. The van der Waals surface area contributed by atoms with Gasteiger partial charge in [0.2, 0.25) is 5.91 Å². The van der Waals surface area contributed by atoms with Gasteiger partial charge >= 0.3 is 5.97 Å². The maximum Gasteiger partial charge on any atom is 0.328 e. The number of β-amino-alcohol motifs (C(OH)–C–C–N with tert-alkyl or cyclic N) is 1. The summed E-state index contributed by atoms with van der Waals surface area (Å²) in [5.74, 6) is -1.33. The number of amides is 1. The molecule has 0 radical (unpaired) electrons. The summed E-state index contributed by atoms with van der Waals surface area (Å²) in [5.41, 5.74) is 0. The van der Waals surface area contributed by atoms with Crippen molar-refractivity contribution < 1.29 is 24.5 Å². The number of carbonyl (C=O) groups is 2. The summed E-state index contributed by atoms with van der Waals surface area (Å²) in [6.07, 6.45) is -0.198. The molecule has 3 unspecified atom stereocenters. The molecule has 2 fully saturated rings. The van der Waals surface area contributed by atoms with Crippen molar-refractivity contribution in [3.05, 3.63) is 0 Å². The Morgan fingerprint density at radius 2 is 2.18 bits per heavy atom. The van der Waals surface area contributed by atoms with E-state index in [-0.39, 0.29) is 19.1 Å². The van der Waals surface area contributed by atoms with Crippen LogP contribution in [0.1, 0.15) is 6.42 Å². The first-order chi connectivity index (χ1) is 8.09. The number of aliphatic hydroxyl groups excluding tert-OH is 1. The molecule has 7 heteroatoms. The van der Waals surface area contributed by atoms with Crippen molar-refractivity contribution in [3.63, 3.8) is 0 Å². The number of aliphatic carboxylic acids is 1. The normalized spacial score (nSPS) is 33.7. The Labute approximate surface area is 98.3 Å². The van der Waals surface area contributed by atoms with Crippen LogP contribution in [0.3, 0.4) is 0 Å². The molecule has 1 amide bonds. The van der Waals surface area contributed by atoms with Crippen molar-refractivity contribution in [2.75, 3.05) is 26.3 Å². The summed E-state index contributed by atoms with van der Waals surface area (Å²) in [5, 5.41) is 21.2. The summed E-state index contributed by atoms with van der Waals surface area (Å²) >= 11 is 0. The van der Waals surface area contributed by atoms with Gasteiger partial charge in [-0.2, -0.15) is 0 Å². The second-order valence-corrected chi connectivity index (χ2v) is 4.31. The smallest absolute Gasteiger partial charge is 0.328 e. The lowest BCUT2D eigenvalue weighted by atomic mass is 10.1. The predicted molar refractivity (Wildman–Crippen MR) is 56.4 cm³/mol. The average molecular weight is 244 g/mol. The summed E-state index contributed by atoms with van der Waals surface area (Å²) in [6, 6.07) is -1.40. The molecule has 3 atom stereocenters. The summed E-state index contributed by atoms with van der Waals surface area (Å²) < 4.78 is 5.06. The minimum absolute atomic E-state index is 0.0242. The molecule has 2 saturated heterocycles. The SMILES string of the molecule is O=C(O)C1COCCN1C(=O)C1CC(O)CN1. The molecule has 0 aliphatic carbocycles. The Bertz CT molecular complexity index is 322. The fraction of sp³-hybridized carbons (Fsp3) is 0.800. The quantitative estimate of drug-likeness (QED) is 0.520.